The van der Waals surface area contributed by atoms with Crippen LogP contribution in [0.15, 0.2) is 89.8 Å². The molecule has 0 aliphatic rings. The number of nitrogens with one attached hydrogen (secondary N) is 1. The number of phenols is 2. The standard InChI is InChI=1S/C25H17N3O3S/c26-14-19(24(31)28-25-27-20(15-32-25)16-7-3-1-4-8-16)23(17-9-5-2-6-10-17)18-11-12-21(29)22(30)13-18/h1-13,15,29-30H,(H,27,28,31). The van der Waals surface area contributed by atoms with E-state index in [0.717, 1.165) is 11.3 Å². The molecule has 0 aliphatic carbocycles. The summed E-state index contributed by atoms with van der Waals surface area (Å²) in [6, 6.07) is 24.7. The van der Waals surface area contributed by atoms with E-state index in [1.807, 2.05) is 47.8 Å². The Kier molecular flexibility index (Phi) is 5.97. The number of thiazole rings is 1. The minimum absolute atomic E-state index is 0.141. The predicted octanol–water partition coefficient (Wildman–Crippen LogP) is 5.19. The van der Waals surface area contributed by atoms with Crippen molar-refractivity contribution in [3.63, 3.8) is 0 Å². The van der Waals surface area contributed by atoms with Crippen molar-refractivity contribution in [2.24, 2.45) is 0 Å². The van der Waals surface area contributed by atoms with Crippen LogP contribution >= 0.6 is 11.3 Å². The summed E-state index contributed by atoms with van der Waals surface area (Å²) in [5.74, 6) is -1.26. The number of amides is 1. The first kappa shape index (κ1) is 20.8. The molecule has 3 N–H and O–H groups in total. The molecule has 1 heterocycles. The molecule has 4 rings (SSSR count). The van der Waals surface area contributed by atoms with Gasteiger partial charge in [0.05, 0.1) is 5.69 Å². The van der Waals surface area contributed by atoms with Crippen LogP contribution in [0.25, 0.3) is 16.8 Å². The maximum absolute atomic E-state index is 13.1. The molecule has 3 aromatic carbocycles. The third-order valence-corrected chi connectivity index (χ3v) is 5.47. The van der Waals surface area contributed by atoms with Crippen LogP contribution in [0.5, 0.6) is 11.5 Å². The lowest BCUT2D eigenvalue weighted by Gasteiger charge is -2.12. The van der Waals surface area contributed by atoms with Crippen molar-refractivity contribution in [2.45, 2.75) is 0 Å². The van der Waals surface area contributed by atoms with Gasteiger partial charge in [-0.25, -0.2) is 4.98 Å². The highest BCUT2D eigenvalue weighted by atomic mass is 32.1. The normalized spacial score (nSPS) is 11.3. The zero-order valence-electron chi connectivity index (χ0n) is 16.7. The Morgan fingerprint density at radius 2 is 1.59 bits per heavy atom. The minimum Gasteiger partial charge on any atom is -0.504 e. The van der Waals surface area contributed by atoms with E-state index in [1.165, 1.54) is 23.5 Å². The molecule has 156 valence electrons. The second-order valence-electron chi connectivity index (χ2n) is 6.79. The van der Waals surface area contributed by atoms with Gasteiger partial charge in [0.2, 0.25) is 0 Å². The lowest BCUT2D eigenvalue weighted by atomic mass is 9.92. The molecule has 0 atom stereocenters. The number of aromatic hydroxyl groups is 2. The molecule has 0 radical (unpaired) electrons. The average molecular weight is 439 g/mol. The van der Waals surface area contributed by atoms with E-state index in [4.69, 9.17) is 0 Å². The van der Waals surface area contributed by atoms with Crippen molar-refractivity contribution in [3.8, 4) is 28.8 Å². The molecule has 7 heteroatoms. The number of phenolic OH excluding ortho intramolecular Hbond substituents is 2. The minimum atomic E-state index is -0.618. The van der Waals surface area contributed by atoms with Gasteiger partial charge in [-0.15, -0.1) is 11.3 Å². The lowest BCUT2D eigenvalue weighted by molar-refractivity contribution is -0.112. The molecule has 1 aromatic heterocycles. The molecule has 0 saturated carbocycles. The van der Waals surface area contributed by atoms with Crippen molar-refractivity contribution in [2.75, 3.05) is 5.32 Å². The van der Waals surface area contributed by atoms with E-state index >= 15 is 0 Å². The van der Waals surface area contributed by atoms with Gasteiger partial charge in [-0.05, 0) is 23.3 Å². The SMILES string of the molecule is N#CC(C(=O)Nc1nc(-c2ccccc2)cs1)=C(c1ccccc1)c1ccc(O)c(O)c1. The van der Waals surface area contributed by atoms with Crippen molar-refractivity contribution in [1.29, 1.82) is 5.26 Å². The van der Waals surface area contributed by atoms with Crippen molar-refractivity contribution in [1.82, 2.24) is 4.98 Å². The fourth-order valence-corrected chi connectivity index (χ4v) is 3.91. The number of carbonyl (C=O) groups excluding carboxylic acids is 1. The molecule has 6 nitrogen and oxygen atoms in total. The largest absolute Gasteiger partial charge is 0.504 e. The third kappa shape index (κ3) is 4.36. The number of aromatic nitrogens is 1. The smallest absolute Gasteiger partial charge is 0.268 e. The second kappa shape index (κ2) is 9.16. The highest BCUT2D eigenvalue weighted by molar-refractivity contribution is 7.14. The molecule has 0 spiro atoms. The number of carbonyl (C=O) groups is 1. The van der Waals surface area contributed by atoms with Crippen LogP contribution in [-0.2, 0) is 4.79 Å². The summed E-state index contributed by atoms with van der Waals surface area (Å²) in [5, 5.41) is 34.4. The van der Waals surface area contributed by atoms with Crippen LogP contribution in [0.4, 0.5) is 5.13 Å². The number of benzene rings is 3. The highest BCUT2D eigenvalue weighted by Crippen LogP contribution is 2.34. The Morgan fingerprint density at radius 3 is 2.25 bits per heavy atom. The van der Waals surface area contributed by atoms with E-state index in [1.54, 1.807) is 30.3 Å². The molecule has 0 fully saturated rings. The van der Waals surface area contributed by atoms with Crippen LogP contribution in [0.3, 0.4) is 0 Å². The van der Waals surface area contributed by atoms with Gasteiger partial charge in [-0.3, -0.25) is 10.1 Å². The van der Waals surface area contributed by atoms with Gasteiger partial charge in [0.1, 0.15) is 11.6 Å². The number of hydrogen-bond donors (Lipinski definition) is 3. The Hall–Kier alpha value is -4.41. The van der Waals surface area contributed by atoms with E-state index < -0.39 is 5.91 Å². The Morgan fingerprint density at radius 1 is 0.906 bits per heavy atom. The van der Waals surface area contributed by atoms with Gasteiger partial charge < -0.3 is 10.2 Å². The molecular formula is C25H17N3O3S. The van der Waals surface area contributed by atoms with Gasteiger partial charge in [0.15, 0.2) is 16.6 Å². The summed E-state index contributed by atoms with van der Waals surface area (Å²) in [7, 11) is 0. The Bertz CT molecular complexity index is 1340. The number of nitriles is 1. The number of rotatable bonds is 5. The van der Waals surface area contributed by atoms with Gasteiger partial charge in [-0.1, -0.05) is 66.7 Å². The molecule has 4 aromatic rings. The Balaban J connectivity index is 1.74. The highest BCUT2D eigenvalue weighted by Gasteiger charge is 2.21. The third-order valence-electron chi connectivity index (χ3n) is 4.71. The molecule has 0 bridgehead atoms. The van der Waals surface area contributed by atoms with Crippen molar-refractivity contribution >= 4 is 27.9 Å². The summed E-state index contributed by atoms with van der Waals surface area (Å²) >= 11 is 1.26. The topological polar surface area (TPSA) is 106 Å². The molecule has 0 aliphatic heterocycles. The van der Waals surface area contributed by atoms with Crippen LogP contribution in [0, 0.1) is 11.3 Å². The number of nitrogens with zero attached hydrogens (tertiary/aromatic N) is 2. The Labute approximate surface area is 188 Å². The summed E-state index contributed by atoms with van der Waals surface area (Å²) in [6.45, 7) is 0. The fraction of sp³-hybridized carbons (Fsp3) is 0. The summed E-state index contributed by atoms with van der Waals surface area (Å²) in [5.41, 5.74) is 2.87. The van der Waals surface area contributed by atoms with Gasteiger partial charge in [0, 0.05) is 16.5 Å². The van der Waals surface area contributed by atoms with Crippen LogP contribution in [-0.4, -0.2) is 21.1 Å². The van der Waals surface area contributed by atoms with Gasteiger partial charge in [0.25, 0.3) is 5.91 Å². The molecule has 1 amide bonds. The lowest BCUT2D eigenvalue weighted by Crippen LogP contribution is -2.15. The molecule has 32 heavy (non-hydrogen) atoms. The maximum atomic E-state index is 13.1. The first-order valence-corrected chi connectivity index (χ1v) is 10.5. The average Bonchev–Trinajstić information content (AvgIpc) is 3.29. The quantitative estimate of drug-likeness (QED) is 0.226. The first-order chi connectivity index (χ1) is 15.6. The van der Waals surface area contributed by atoms with Gasteiger partial charge >= 0.3 is 0 Å². The number of hydrogen-bond acceptors (Lipinski definition) is 6. The van der Waals surface area contributed by atoms with E-state index in [9.17, 15) is 20.3 Å². The van der Waals surface area contributed by atoms with Crippen molar-refractivity contribution in [3.05, 3.63) is 101 Å². The zero-order valence-corrected chi connectivity index (χ0v) is 17.5. The van der Waals surface area contributed by atoms with Crippen LogP contribution < -0.4 is 5.32 Å². The summed E-state index contributed by atoms with van der Waals surface area (Å²) in [6.07, 6.45) is 0. The first-order valence-electron chi connectivity index (χ1n) is 9.61. The van der Waals surface area contributed by atoms with Crippen LogP contribution in [0.1, 0.15) is 11.1 Å². The zero-order chi connectivity index (χ0) is 22.5. The molecular weight excluding hydrogens is 422 g/mol. The molecule has 0 saturated heterocycles. The van der Waals surface area contributed by atoms with Crippen LogP contribution in [0.2, 0.25) is 0 Å². The monoisotopic (exact) mass is 439 g/mol. The fourth-order valence-electron chi connectivity index (χ4n) is 3.19. The molecule has 0 unspecified atom stereocenters. The maximum Gasteiger partial charge on any atom is 0.268 e. The predicted molar refractivity (Wildman–Crippen MR) is 124 cm³/mol. The van der Waals surface area contributed by atoms with E-state index in [-0.39, 0.29) is 17.1 Å². The van der Waals surface area contributed by atoms with Gasteiger partial charge in [-0.2, -0.15) is 5.26 Å². The van der Waals surface area contributed by atoms with Crippen molar-refractivity contribution < 1.29 is 15.0 Å². The summed E-state index contributed by atoms with van der Waals surface area (Å²) in [4.78, 5) is 17.5. The second-order valence-corrected chi connectivity index (χ2v) is 7.65. The number of anilines is 1. The van der Waals surface area contributed by atoms with E-state index in [0.29, 0.717) is 21.8 Å². The summed E-state index contributed by atoms with van der Waals surface area (Å²) < 4.78 is 0. The van der Waals surface area contributed by atoms with E-state index in [2.05, 4.69) is 10.3 Å².